The average Bonchev–Trinajstić information content (AvgIpc) is 2.69. The minimum absolute atomic E-state index is 0.00621. The van der Waals surface area contributed by atoms with Gasteiger partial charge in [0, 0.05) is 6.54 Å². The number of rotatable bonds is 5. The van der Waals surface area contributed by atoms with Gasteiger partial charge in [-0.25, -0.2) is 0 Å². The maximum Gasteiger partial charge on any atom is 0.324 e. The smallest absolute Gasteiger partial charge is 0.324 e. The lowest BCUT2D eigenvalue weighted by Gasteiger charge is -2.06. The molecule has 0 atom stereocenters. The van der Waals surface area contributed by atoms with Crippen LogP contribution >= 0.6 is 11.8 Å². The quantitative estimate of drug-likeness (QED) is 0.675. The molecule has 1 heterocycles. The minimum Gasteiger partial charge on any atom is -0.507 e. The van der Waals surface area contributed by atoms with Crippen LogP contribution in [0.15, 0.2) is 34.2 Å². The van der Waals surface area contributed by atoms with E-state index in [1.807, 2.05) is 6.92 Å². The van der Waals surface area contributed by atoms with Crippen LogP contribution < -0.4 is 0 Å². The van der Waals surface area contributed by atoms with Crippen molar-refractivity contribution in [2.75, 3.05) is 0 Å². The summed E-state index contributed by atoms with van der Waals surface area (Å²) in [7, 11) is 0. The Bertz CT molecular complexity index is 640. The zero-order valence-electron chi connectivity index (χ0n) is 11.2. The second kappa shape index (κ2) is 5.96. The number of aryl methyl sites for hydroxylation is 2. The molecule has 0 radical (unpaired) electrons. The first-order chi connectivity index (χ1) is 9.54. The highest BCUT2D eigenvalue weighted by Crippen LogP contribution is 2.40. The highest BCUT2D eigenvalue weighted by atomic mass is 32.2. The molecule has 0 bridgehead atoms. The summed E-state index contributed by atoms with van der Waals surface area (Å²) in [5, 5.41) is 25.7. The lowest BCUT2D eigenvalue weighted by Crippen LogP contribution is -2.01. The Kier molecular flexibility index (Phi) is 4.29. The second-order valence-electron chi connectivity index (χ2n) is 4.29. The summed E-state index contributed by atoms with van der Waals surface area (Å²) in [6, 6.07) is 6.77. The van der Waals surface area contributed by atoms with Crippen LogP contribution in [0.4, 0.5) is 5.69 Å². The van der Waals surface area contributed by atoms with Crippen molar-refractivity contribution in [3.8, 4) is 5.75 Å². The van der Waals surface area contributed by atoms with E-state index in [0.717, 1.165) is 6.42 Å². The third-order valence-electron chi connectivity index (χ3n) is 2.74. The molecule has 7 heteroatoms. The van der Waals surface area contributed by atoms with E-state index in [-0.39, 0.29) is 11.4 Å². The molecule has 1 N–H and O–H groups in total. The highest BCUT2D eigenvalue weighted by Gasteiger charge is 2.26. The standard InChI is InChI=1S/C13H15N3O3S/c1-3-8-15-13(12(16(18)19)9(2)14-15)20-11-7-5-4-6-10(11)17/h4-7,17H,3,8H2,1-2H3. The van der Waals surface area contributed by atoms with Crippen molar-refractivity contribution >= 4 is 17.4 Å². The normalized spacial score (nSPS) is 10.7. The van der Waals surface area contributed by atoms with Gasteiger partial charge in [-0.3, -0.25) is 14.8 Å². The first-order valence-corrected chi connectivity index (χ1v) is 7.04. The summed E-state index contributed by atoms with van der Waals surface area (Å²) in [4.78, 5) is 11.4. The Morgan fingerprint density at radius 3 is 2.75 bits per heavy atom. The number of para-hydroxylation sites is 1. The molecule has 0 amide bonds. The van der Waals surface area contributed by atoms with Gasteiger partial charge in [-0.2, -0.15) is 5.10 Å². The number of aromatic nitrogens is 2. The molecule has 0 spiro atoms. The number of aromatic hydroxyl groups is 1. The van der Waals surface area contributed by atoms with Crippen LogP contribution in [0.3, 0.4) is 0 Å². The number of nitrogens with zero attached hydrogens (tertiary/aromatic N) is 3. The van der Waals surface area contributed by atoms with Gasteiger partial charge in [0.1, 0.15) is 11.4 Å². The van der Waals surface area contributed by atoms with Crippen molar-refractivity contribution in [2.24, 2.45) is 0 Å². The van der Waals surface area contributed by atoms with Gasteiger partial charge < -0.3 is 5.11 Å². The van der Waals surface area contributed by atoms with Crippen molar-refractivity contribution in [1.29, 1.82) is 0 Å². The second-order valence-corrected chi connectivity index (χ2v) is 5.32. The molecular formula is C13H15N3O3S. The number of hydrogen-bond acceptors (Lipinski definition) is 5. The Balaban J connectivity index is 2.48. The SMILES string of the molecule is CCCn1nc(C)c([N+](=O)[O-])c1Sc1ccccc1O. The molecule has 1 aromatic carbocycles. The molecule has 0 saturated heterocycles. The predicted octanol–water partition coefficient (Wildman–Crippen LogP) is 3.37. The number of phenolic OH excluding ortho intramolecular Hbond substituents is 1. The van der Waals surface area contributed by atoms with Gasteiger partial charge in [-0.1, -0.05) is 30.8 Å². The van der Waals surface area contributed by atoms with Crippen LogP contribution in [0.25, 0.3) is 0 Å². The lowest BCUT2D eigenvalue weighted by atomic mass is 10.3. The average molecular weight is 293 g/mol. The van der Waals surface area contributed by atoms with E-state index in [1.54, 1.807) is 35.9 Å². The number of benzene rings is 1. The van der Waals surface area contributed by atoms with Gasteiger partial charge >= 0.3 is 5.69 Å². The topological polar surface area (TPSA) is 81.2 Å². The van der Waals surface area contributed by atoms with Gasteiger partial charge in [0.2, 0.25) is 0 Å². The van der Waals surface area contributed by atoms with E-state index in [9.17, 15) is 15.2 Å². The molecule has 1 aromatic heterocycles. The molecule has 2 aromatic rings. The van der Waals surface area contributed by atoms with Crippen molar-refractivity contribution in [3.05, 3.63) is 40.1 Å². The summed E-state index contributed by atoms with van der Waals surface area (Å²) in [6.07, 6.45) is 0.826. The summed E-state index contributed by atoms with van der Waals surface area (Å²) >= 11 is 1.17. The summed E-state index contributed by atoms with van der Waals surface area (Å²) in [5.74, 6) is 0.105. The molecule has 0 aliphatic carbocycles. The number of phenols is 1. The van der Waals surface area contributed by atoms with Gasteiger partial charge in [-0.05, 0) is 25.5 Å². The first-order valence-electron chi connectivity index (χ1n) is 6.22. The van der Waals surface area contributed by atoms with Crippen molar-refractivity contribution in [3.63, 3.8) is 0 Å². The Hall–Kier alpha value is -2.02. The Morgan fingerprint density at radius 1 is 1.45 bits per heavy atom. The van der Waals surface area contributed by atoms with E-state index in [0.29, 0.717) is 22.2 Å². The summed E-state index contributed by atoms with van der Waals surface area (Å²) in [5.41, 5.74) is 0.396. The fourth-order valence-corrected chi connectivity index (χ4v) is 2.96. The van der Waals surface area contributed by atoms with E-state index in [1.165, 1.54) is 11.8 Å². The molecular weight excluding hydrogens is 278 g/mol. The molecule has 2 rings (SSSR count). The third kappa shape index (κ3) is 2.77. The highest BCUT2D eigenvalue weighted by molar-refractivity contribution is 7.99. The zero-order chi connectivity index (χ0) is 14.7. The maximum absolute atomic E-state index is 11.2. The van der Waals surface area contributed by atoms with Gasteiger partial charge in [0.15, 0.2) is 5.03 Å². The van der Waals surface area contributed by atoms with Gasteiger partial charge in [-0.15, -0.1) is 0 Å². The summed E-state index contributed by atoms with van der Waals surface area (Å²) in [6.45, 7) is 4.21. The molecule has 106 valence electrons. The fourth-order valence-electron chi connectivity index (χ4n) is 1.87. The van der Waals surface area contributed by atoms with Crippen LogP contribution in [0.2, 0.25) is 0 Å². The third-order valence-corrected chi connectivity index (χ3v) is 3.90. The van der Waals surface area contributed by atoms with Crippen LogP contribution in [-0.2, 0) is 6.54 Å². The molecule has 0 unspecified atom stereocenters. The van der Waals surface area contributed by atoms with Crippen molar-refractivity contribution < 1.29 is 10.0 Å². The largest absolute Gasteiger partial charge is 0.507 e. The van der Waals surface area contributed by atoms with Crippen LogP contribution in [0.5, 0.6) is 5.75 Å². The molecule has 0 aliphatic heterocycles. The molecule has 0 aliphatic rings. The van der Waals surface area contributed by atoms with Crippen LogP contribution in [0, 0.1) is 17.0 Å². The summed E-state index contributed by atoms with van der Waals surface area (Å²) < 4.78 is 1.63. The number of hydrogen-bond donors (Lipinski definition) is 1. The van der Waals surface area contributed by atoms with E-state index >= 15 is 0 Å². The van der Waals surface area contributed by atoms with Crippen molar-refractivity contribution in [2.45, 2.75) is 36.7 Å². The Morgan fingerprint density at radius 2 is 2.15 bits per heavy atom. The molecule has 0 fully saturated rings. The van der Waals surface area contributed by atoms with E-state index in [4.69, 9.17) is 0 Å². The lowest BCUT2D eigenvalue weighted by molar-refractivity contribution is -0.388. The van der Waals surface area contributed by atoms with Crippen molar-refractivity contribution in [1.82, 2.24) is 9.78 Å². The molecule has 0 saturated carbocycles. The van der Waals surface area contributed by atoms with Crippen LogP contribution in [0.1, 0.15) is 19.0 Å². The predicted molar refractivity (Wildman–Crippen MR) is 76.1 cm³/mol. The number of nitro groups is 1. The van der Waals surface area contributed by atoms with Gasteiger partial charge in [0.25, 0.3) is 0 Å². The Labute approximate surface area is 120 Å². The van der Waals surface area contributed by atoms with E-state index < -0.39 is 4.92 Å². The maximum atomic E-state index is 11.2. The minimum atomic E-state index is -0.420. The molecule has 20 heavy (non-hydrogen) atoms. The first kappa shape index (κ1) is 14.4. The van der Waals surface area contributed by atoms with E-state index in [2.05, 4.69) is 5.10 Å². The molecule has 6 nitrogen and oxygen atoms in total. The zero-order valence-corrected chi connectivity index (χ0v) is 12.1. The fraction of sp³-hybridized carbons (Fsp3) is 0.308. The van der Waals surface area contributed by atoms with Crippen LogP contribution in [-0.4, -0.2) is 19.8 Å². The monoisotopic (exact) mass is 293 g/mol. The van der Waals surface area contributed by atoms with Gasteiger partial charge in [0.05, 0.1) is 9.82 Å².